The lowest BCUT2D eigenvalue weighted by atomic mass is 10.1. The van der Waals surface area contributed by atoms with Gasteiger partial charge in [-0.3, -0.25) is 9.78 Å². The first-order valence-electron chi connectivity index (χ1n) is 8.95. The average Bonchev–Trinajstić information content (AvgIpc) is 2.65. The Kier molecular flexibility index (Phi) is 5.63. The number of nitrogens with one attached hydrogen (secondary N) is 1. The Labute approximate surface area is 163 Å². The summed E-state index contributed by atoms with van der Waals surface area (Å²) < 4.78 is 14.1. The number of aryl methyl sites for hydroxylation is 2. The van der Waals surface area contributed by atoms with Crippen LogP contribution in [0.25, 0.3) is 11.4 Å². The summed E-state index contributed by atoms with van der Waals surface area (Å²) >= 11 is 0. The van der Waals surface area contributed by atoms with Crippen molar-refractivity contribution in [2.75, 3.05) is 5.73 Å². The van der Waals surface area contributed by atoms with E-state index in [0.717, 1.165) is 16.8 Å². The molecule has 0 aliphatic rings. The molecular weight excluding hydrogens is 357 g/mol. The second-order valence-corrected chi connectivity index (χ2v) is 6.84. The summed E-state index contributed by atoms with van der Waals surface area (Å²) in [6.45, 7) is 5.65. The molecule has 144 valence electrons. The molecule has 28 heavy (non-hydrogen) atoms. The highest BCUT2D eigenvalue weighted by Crippen LogP contribution is 2.20. The van der Waals surface area contributed by atoms with Gasteiger partial charge >= 0.3 is 0 Å². The molecule has 0 saturated heterocycles. The van der Waals surface area contributed by atoms with Gasteiger partial charge in [0.2, 0.25) is 0 Å². The van der Waals surface area contributed by atoms with Crippen molar-refractivity contribution in [2.45, 2.75) is 33.2 Å². The van der Waals surface area contributed by atoms with E-state index in [-0.39, 0.29) is 23.3 Å². The number of aromatic nitrogens is 3. The summed E-state index contributed by atoms with van der Waals surface area (Å²) in [6, 6.07) is 7.70. The number of nitrogens with zero attached hydrogens (tertiary/aromatic N) is 3. The monoisotopic (exact) mass is 379 g/mol. The molecule has 2 heterocycles. The molecule has 0 saturated carbocycles. The van der Waals surface area contributed by atoms with Crippen LogP contribution in [0.2, 0.25) is 0 Å². The molecule has 3 N–H and O–H groups in total. The highest BCUT2D eigenvalue weighted by Gasteiger charge is 2.15. The minimum atomic E-state index is -0.543. The van der Waals surface area contributed by atoms with Gasteiger partial charge in [-0.15, -0.1) is 0 Å². The van der Waals surface area contributed by atoms with Crippen molar-refractivity contribution in [3.05, 3.63) is 70.9 Å². The quantitative estimate of drug-likeness (QED) is 0.710. The van der Waals surface area contributed by atoms with Crippen molar-refractivity contribution in [1.29, 1.82) is 0 Å². The molecule has 0 fully saturated rings. The highest BCUT2D eigenvalue weighted by molar-refractivity contribution is 5.95. The first-order valence-corrected chi connectivity index (χ1v) is 8.95. The number of hydrogen-bond donors (Lipinski definition) is 2. The van der Waals surface area contributed by atoms with Gasteiger partial charge in [0.25, 0.3) is 5.91 Å². The summed E-state index contributed by atoms with van der Waals surface area (Å²) in [7, 11) is 0. The number of anilines is 1. The molecule has 1 amide bonds. The van der Waals surface area contributed by atoms with Gasteiger partial charge < -0.3 is 11.1 Å². The van der Waals surface area contributed by atoms with E-state index in [9.17, 15) is 9.18 Å². The normalized spacial score (nSPS) is 11.9. The molecule has 1 unspecified atom stereocenters. The maximum Gasteiger partial charge on any atom is 0.251 e. The molecular formula is C21H22FN5O. The van der Waals surface area contributed by atoms with Crippen LogP contribution in [-0.4, -0.2) is 26.9 Å². The SMILES string of the molecule is Cc1cnc(-c2cc(F)cc(C(=O)NC(C)Cc3ncccc3C)c2)nc1N. The van der Waals surface area contributed by atoms with Gasteiger partial charge in [0.1, 0.15) is 11.6 Å². The largest absolute Gasteiger partial charge is 0.383 e. The number of nitrogens with two attached hydrogens (primary N) is 1. The van der Waals surface area contributed by atoms with Crippen molar-refractivity contribution in [3.63, 3.8) is 0 Å². The molecule has 3 aromatic rings. The van der Waals surface area contributed by atoms with E-state index in [1.807, 2.05) is 26.0 Å². The van der Waals surface area contributed by atoms with Crippen molar-refractivity contribution in [3.8, 4) is 11.4 Å². The summed E-state index contributed by atoms with van der Waals surface area (Å²) in [5.74, 6) is -0.325. The van der Waals surface area contributed by atoms with Gasteiger partial charge in [0.15, 0.2) is 5.82 Å². The third-order valence-electron chi connectivity index (χ3n) is 4.42. The number of pyridine rings is 1. The Morgan fingerprint density at radius 3 is 2.71 bits per heavy atom. The third-order valence-corrected chi connectivity index (χ3v) is 4.42. The van der Waals surface area contributed by atoms with Crippen LogP contribution in [0.1, 0.15) is 34.1 Å². The Hall–Kier alpha value is -3.35. The lowest BCUT2D eigenvalue weighted by molar-refractivity contribution is 0.0939. The zero-order valence-corrected chi connectivity index (χ0v) is 16.0. The first kappa shape index (κ1) is 19.4. The molecule has 7 heteroatoms. The zero-order chi connectivity index (χ0) is 20.3. The number of carbonyl (C=O) groups excluding carboxylic acids is 1. The summed E-state index contributed by atoms with van der Waals surface area (Å²) in [5, 5.41) is 2.89. The third kappa shape index (κ3) is 4.49. The van der Waals surface area contributed by atoms with Crippen molar-refractivity contribution < 1.29 is 9.18 Å². The molecule has 1 aromatic carbocycles. The van der Waals surface area contributed by atoms with Gasteiger partial charge in [-0.05, 0) is 50.6 Å². The van der Waals surface area contributed by atoms with E-state index in [0.29, 0.717) is 17.8 Å². The van der Waals surface area contributed by atoms with Gasteiger partial charge in [-0.25, -0.2) is 14.4 Å². The molecule has 0 aliphatic carbocycles. The Morgan fingerprint density at radius 2 is 2.00 bits per heavy atom. The molecule has 0 radical (unpaired) electrons. The van der Waals surface area contributed by atoms with Gasteiger partial charge in [0.05, 0.1) is 0 Å². The number of hydrogen-bond acceptors (Lipinski definition) is 5. The van der Waals surface area contributed by atoms with E-state index < -0.39 is 5.82 Å². The average molecular weight is 379 g/mol. The van der Waals surface area contributed by atoms with Crippen LogP contribution in [0.3, 0.4) is 0 Å². The molecule has 1 atom stereocenters. The van der Waals surface area contributed by atoms with Crippen LogP contribution >= 0.6 is 0 Å². The number of amides is 1. The van der Waals surface area contributed by atoms with Gasteiger partial charge in [0, 0.05) is 47.2 Å². The molecule has 0 aliphatic heterocycles. The van der Waals surface area contributed by atoms with Crippen molar-refractivity contribution in [2.24, 2.45) is 0 Å². The number of benzene rings is 1. The van der Waals surface area contributed by atoms with E-state index in [1.165, 1.54) is 12.1 Å². The number of nitrogen functional groups attached to an aromatic ring is 1. The number of halogens is 1. The van der Waals surface area contributed by atoms with E-state index in [4.69, 9.17) is 5.73 Å². The second kappa shape index (κ2) is 8.12. The van der Waals surface area contributed by atoms with Crippen LogP contribution in [0.15, 0.2) is 42.7 Å². The lowest BCUT2D eigenvalue weighted by Gasteiger charge is -2.15. The van der Waals surface area contributed by atoms with Crippen molar-refractivity contribution >= 4 is 11.7 Å². The summed E-state index contributed by atoms with van der Waals surface area (Å²) in [5.41, 5.74) is 9.11. The van der Waals surface area contributed by atoms with Crippen LogP contribution in [0, 0.1) is 19.7 Å². The summed E-state index contributed by atoms with van der Waals surface area (Å²) in [6.07, 6.45) is 3.88. The topological polar surface area (TPSA) is 93.8 Å². The van der Waals surface area contributed by atoms with Crippen LogP contribution < -0.4 is 11.1 Å². The lowest BCUT2D eigenvalue weighted by Crippen LogP contribution is -2.34. The summed E-state index contributed by atoms with van der Waals surface area (Å²) in [4.78, 5) is 25.3. The molecule has 0 bridgehead atoms. The minimum Gasteiger partial charge on any atom is -0.383 e. The molecule has 6 nitrogen and oxygen atoms in total. The zero-order valence-electron chi connectivity index (χ0n) is 16.0. The fourth-order valence-electron chi connectivity index (χ4n) is 2.82. The standard InChI is InChI=1S/C21H22FN5O/c1-12-5-4-6-24-18(12)7-14(3)26-21(28)16-8-15(9-17(22)10-16)20-25-11-13(2)19(23)27-20/h4-6,8-11,14H,7H2,1-3H3,(H,26,28)(H2,23,25,27). The highest BCUT2D eigenvalue weighted by atomic mass is 19.1. The number of rotatable bonds is 5. The number of carbonyl (C=O) groups is 1. The predicted molar refractivity (Wildman–Crippen MR) is 106 cm³/mol. The molecule has 3 rings (SSSR count). The maximum absolute atomic E-state index is 14.1. The van der Waals surface area contributed by atoms with E-state index in [1.54, 1.807) is 25.4 Å². The molecule has 0 spiro atoms. The van der Waals surface area contributed by atoms with E-state index >= 15 is 0 Å². The predicted octanol–water partition coefficient (Wildman–Crippen LogP) is 3.24. The van der Waals surface area contributed by atoms with Gasteiger partial charge in [-0.1, -0.05) is 6.07 Å². The maximum atomic E-state index is 14.1. The Balaban J connectivity index is 1.79. The van der Waals surface area contributed by atoms with E-state index in [2.05, 4.69) is 20.3 Å². The first-order chi connectivity index (χ1) is 13.3. The van der Waals surface area contributed by atoms with Crippen molar-refractivity contribution in [1.82, 2.24) is 20.3 Å². The Bertz CT molecular complexity index is 1020. The van der Waals surface area contributed by atoms with Crippen LogP contribution in [0.5, 0.6) is 0 Å². The Morgan fingerprint density at radius 1 is 1.21 bits per heavy atom. The van der Waals surface area contributed by atoms with Gasteiger partial charge in [-0.2, -0.15) is 0 Å². The fraction of sp³-hybridized carbons (Fsp3) is 0.238. The van der Waals surface area contributed by atoms with Crippen LogP contribution in [0.4, 0.5) is 10.2 Å². The minimum absolute atomic E-state index is 0.168. The van der Waals surface area contributed by atoms with Crippen LogP contribution in [-0.2, 0) is 6.42 Å². The second-order valence-electron chi connectivity index (χ2n) is 6.84. The molecule has 2 aromatic heterocycles. The fourth-order valence-corrected chi connectivity index (χ4v) is 2.82. The smallest absolute Gasteiger partial charge is 0.251 e.